The zero-order valence-electron chi connectivity index (χ0n) is 42.2. The maximum atomic E-state index is 15.1. The van der Waals surface area contributed by atoms with E-state index in [0.29, 0.717) is 41.4 Å². The molecule has 0 saturated carbocycles. The highest BCUT2D eigenvalue weighted by molar-refractivity contribution is 7.10. The Hall–Kier alpha value is -5.88. The third kappa shape index (κ3) is 10.9. The van der Waals surface area contributed by atoms with Gasteiger partial charge in [0.15, 0.2) is 0 Å². The molecule has 20 heteroatoms. The Balaban J connectivity index is 1.11. The number of aryl methyl sites for hydroxylation is 1. The number of alkyl halides is 3. The number of pyridine rings is 1. The lowest BCUT2D eigenvalue weighted by Crippen LogP contribution is -2.63. The van der Waals surface area contributed by atoms with E-state index >= 15 is 13.2 Å². The number of hydrogen-bond acceptors (Lipinski definition) is 12. The highest BCUT2D eigenvalue weighted by Gasteiger charge is 2.52. The van der Waals surface area contributed by atoms with Gasteiger partial charge in [0.2, 0.25) is 11.9 Å². The Morgan fingerprint density at radius 1 is 1.10 bits per heavy atom. The van der Waals surface area contributed by atoms with E-state index in [1.807, 2.05) is 65.0 Å². The van der Waals surface area contributed by atoms with Crippen molar-refractivity contribution in [3.05, 3.63) is 58.2 Å². The molecule has 3 fully saturated rings. The summed E-state index contributed by atoms with van der Waals surface area (Å²) in [4.78, 5) is 82.9. The normalized spacial score (nSPS) is 21.7. The number of aromatic nitrogens is 3. The van der Waals surface area contributed by atoms with Crippen LogP contribution >= 0.6 is 11.3 Å². The predicted octanol–water partition coefficient (Wildman–Crippen LogP) is 5.93. The number of cyclic esters (lactones) is 1. The highest BCUT2D eigenvalue weighted by atomic mass is 32.1. The largest absolute Gasteiger partial charge is 0.464 e. The Morgan fingerprint density at radius 3 is 2.56 bits per heavy atom. The summed E-state index contributed by atoms with van der Waals surface area (Å²) in [5.41, 5.74) is 7.67. The first kappa shape index (κ1) is 52.4. The maximum absolute atomic E-state index is 15.1. The van der Waals surface area contributed by atoms with Gasteiger partial charge in [-0.3, -0.25) is 38.9 Å². The molecule has 5 atom stereocenters. The standard InChI is InChI=1S/C52H64F3N9O7S/c1-9-63-40-16-15-32-25-35(40)36(44(63)34-13-10-20-56-43(34)31(2)70-8)27-50(3,4)30-71-49(69)37-14-11-23-64(59-37)48(68)38(26-41-57-39(32)29-72-41)58-46(66)45(52(53,54)55)60(7)47(67)33-18-24-61(28-33)42(65)17-19-51(5,6)62-21-12-22-62/h10,13,15-16,20,25,29,31,33,37-38,45,59H,9,11-12,14,18,21-24,26-28,30H2,1-8H3,(H,58,66)/t31-,33-,37-,38-,45+/m0/s1. The van der Waals surface area contributed by atoms with Crippen LogP contribution in [0.25, 0.3) is 33.4 Å². The molecule has 3 aromatic heterocycles. The smallest absolute Gasteiger partial charge is 0.417 e. The number of carbonyl (C=O) groups excluding carboxylic acids is 5. The molecule has 0 aliphatic carbocycles. The molecule has 0 spiro atoms. The van der Waals surface area contributed by atoms with Crippen molar-refractivity contribution in [2.75, 3.05) is 53.5 Å². The minimum Gasteiger partial charge on any atom is -0.464 e. The average molecular weight is 1020 g/mol. The number of esters is 1. The number of hydrogen-bond donors (Lipinski definition) is 2. The molecule has 4 aromatic rings. The molecule has 72 heavy (non-hydrogen) atoms. The number of amides is 4. The van der Waals surface area contributed by atoms with Gasteiger partial charge in [0.05, 0.1) is 46.3 Å². The Bertz CT molecular complexity index is 2790. The summed E-state index contributed by atoms with van der Waals surface area (Å²) in [6, 6.07) is 4.37. The van der Waals surface area contributed by atoms with Gasteiger partial charge in [-0.25, -0.2) is 10.4 Å². The van der Waals surface area contributed by atoms with E-state index in [2.05, 4.69) is 39.0 Å². The SMILES string of the molecule is CCn1c(-c2cccnc2[C@H](C)OC)c2c3cc(ccc31)-c1csc(n1)C[C@H](NC(=O)[C@@H](N(C)C(=O)[C@H]1CCN(C(=O)C#CC(C)(C)N3CCC3)C1)C(F)(F)F)C(=O)N1CCC[C@H](N1)C(=O)OCC(C)(C)C2. The van der Waals surface area contributed by atoms with Crippen LogP contribution < -0.4 is 10.7 Å². The minimum atomic E-state index is -5.26. The molecule has 16 nitrogen and oxygen atoms in total. The average Bonchev–Trinajstić information content (AvgIpc) is 4.08. The van der Waals surface area contributed by atoms with Crippen molar-refractivity contribution in [1.82, 2.24) is 45.0 Å². The maximum Gasteiger partial charge on any atom is 0.417 e. The van der Waals surface area contributed by atoms with Crippen LogP contribution in [-0.2, 0) is 52.8 Å². The molecule has 6 bridgehead atoms. The number of ether oxygens (including phenoxy) is 2. The van der Waals surface area contributed by atoms with Crippen LogP contribution in [0.4, 0.5) is 13.2 Å². The number of likely N-dealkylation sites (tertiary alicyclic amines) is 2. The van der Waals surface area contributed by atoms with Crippen LogP contribution in [0.5, 0.6) is 0 Å². The van der Waals surface area contributed by atoms with E-state index in [4.69, 9.17) is 19.4 Å². The molecule has 4 amide bonds. The number of benzene rings is 1. The van der Waals surface area contributed by atoms with Gasteiger partial charge < -0.3 is 29.2 Å². The molecule has 2 N–H and O–H groups in total. The second-order valence-electron chi connectivity index (χ2n) is 20.6. The second kappa shape index (κ2) is 20.9. The number of likely N-dealkylation sites (N-methyl/N-ethyl adjacent to an activating group) is 1. The van der Waals surface area contributed by atoms with Gasteiger partial charge in [0, 0.05) is 98.9 Å². The van der Waals surface area contributed by atoms with Crippen molar-refractivity contribution in [1.29, 1.82) is 0 Å². The van der Waals surface area contributed by atoms with Crippen molar-refractivity contribution in [2.45, 2.75) is 123 Å². The van der Waals surface area contributed by atoms with Gasteiger partial charge in [0.1, 0.15) is 12.1 Å². The van der Waals surface area contributed by atoms with Gasteiger partial charge in [0.25, 0.3) is 17.7 Å². The summed E-state index contributed by atoms with van der Waals surface area (Å²) in [5.74, 6) is 0.0826. The molecule has 0 unspecified atom stereocenters. The number of halogens is 3. The first-order chi connectivity index (χ1) is 34.1. The van der Waals surface area contributed by atoms with Crippen molar-refractivity contribution in [2.24, 2.45) is 11.3 Å². The Morgan fingerprint density at radius 2 is 1.86 bits per heavy atom. The van der Waals surface area contributed by atoms with Crippen molar-refractivity contribution < 1.29 is 46.6 Å². The summed E-state index contributed by atoms with van der Waals surface area (Å²) < 4.78 is 59.4. The predicted molar refractivity (Wildman–Crippen MR) is 265 cm³/mol. The molecule has 1 aromatic carbocycles. The number of nitrogens with zero attached hydrogens (tertiary/aromatic N) is 7. The van der Waals surface area contributed by atoms with E-state index < -0.39 is 70.8 Å². The fraction of sp³-hybridized carbons (Fsp3) is 0.558. The minimum absolute atomic E-state index is 0.0178. The van der Waals surface area contributed by atoms with E-state index in [0.717, 1.165) is 70.5 Å². The van der Waals surface area contributed by atoms with Crippen LogP contribution in [0.15, 0.2) is 41.9 Å². The number of fused-ring (bicyclic) bond motifs is 6. The quantitative estimate of drug-likeness (QED) is 0.151. The fourth-order valence-electron chi connectivity index (χ4n) is 10.2. The van der Waals surface area contributed by atoms with Gasteiger partial charge in [-0.05, 0) is 95.5 Å². The zero-order chi connectivity index (χ0) is 51.9. The Labute approximate surface area is 421 Å². The molecule has 7 heterocycles. The molecule has 4 aliphatic heterocycles. The zero-order valence-corrected chi connectivity index (χ0v) is 43.0. The van der Waals surface area contributed by atoms with Gasteiger partial charge in [-0.1, -0.05) is 25.8 Å². The van der Waals surface area contributed by atoms with Gasteiger partial charge >= 0.3 is 12.1 Å². The third-order valence-corrected chi connectivity index (χ3v) is 15.3. The number of rotatable bonds is 9. The topological polar surface area (TPSA) is 172 Å². The lowest BCUT2D eigenvalue weighted by Gasteiger charge is -2.41. The van der Waals surface area contributed by atoms with Crippen molar-refractivity contribution >= 4 is 51.8 Å². The van der Waals surface area contributed by atoms with Gasteiger partial charge in [-0.15, -0.1) is 11.3 Å². The molecule has 0 radical (unpaired) electrons. The van der Waals surface area contributed by atoms with Crippen LogP contribution in [0.3, 0.4) is 0 Å². The van der Waals surface area contributed by atoms with E-state index in [9.17, 15) is 24.0 Å². The molecular formula is C52H64F3N9O7S. The summed E-state index contributed by atoms with van der Waals surface area (Å²) in [6.07, 6.45) is -1.87. The lowest BCUT2D eigenvalue weighted by atomic mass is 9.84. The first-order valence-corrected chi connectivity index (χ1v) is 25.5. The summed E-state index contributed by atoms with van der Waals surface area (Å²) in [5, 5.41) is 6.58. The molecule has 8 rings (SSSR count). The van der Waals surface area contributed by atoms with E-state index in [-0.39, 0.29) is 45.2 Å². The van der Waals surface area contributed by atoms with Crippen LogP contribution in [0.2, 0.25) is 0 Å². The fourth-order valence-corrected chi connectivity index (χ4v) is 11.0. The number of methoxy groups -OCH3 is 1. The van der Waals surface area contributed by atoms with Gasteiger partial charge in [-0.2, -0.15) is 13.2 Å². The third-order valence-electron chi connectivity index (χ3n) is 14.4. The molecular weight excluding hydrogens is 952 g/mol. The number of nitrogens with one attached hydrogen (secondary N) is 2. The van der Waals surface area contributed by atoms with Crippen LogP contribution in [0.1, 0.15) is 89.6 Å². The van der Waals surface area contributed by atoms with E-state index in [1.54, 1.807) is 18.7 Å². The lowest BCUT2D eigenvalue weighted by molar-refractivity contribution is -0.193. The van der Waals surface area contributed by atoms with Crippen LogP contribution in [0, 0.1) is 23.2 Å². The van der Waals surface area contributed by atoms with Crippen molar-refractivity contribution in [3.8, 4) is 34.4 Å². The summed E-state index contributed by atoms with van der Waals surface area (Å²) >= 11 is 1.18. The first-order valence-electron chi connectivity index (χ1n) is 24.6. The Kier molecular flexibility index (Phi) is 15.2. The molecule has 4 aliphatic rings. The number of carbonyl (C=O) groups is 5. The summed E-state index contributed by atoms with van der Waals surface area (Å²) in [7, 11) is 2.54. The number of hydrazine groups is 1. The monoisotopic (exact) mass is 1020 g/mol. The number of thiazole rings is 1. The van der Waals surface area contributed by atoms with E-state index in [1.165, 1.54) is 16.2 Å². The summed E-state index contributed by atoms with van der Waals surface area (Å²) in [6.45, 7) is 14.3. The molecule has 3 saturated heterocycles. The highest BCUT2D eigenvalue weighted by Crippen LogP contribution is 2.42. The second-order valence-corrected chi connectivity index (χ2v) is 21.5. The van der Waals surface area contributed by atoms with Crippen LogP contribution in [-0.4, -0.2) is 147 Å². The molecule has 386 valence electrons. The van der Waals surface area contributed by atoms with Crippen molar-refractivity contribution in [3.63, 3.8) is 0 Å².